The quantitative estimate of drug-likeness (QED) is 0.654. The second-order valence-electron chi connectivity index (χ2n) is 4.56. The molecule has 1 saturated heterocycles. The van der Waals surface area contributed by atoms with Crippen molar-refractivity contribution in [2.24, 2.45) is 10.7 Å². The van der Waals surface area contributed by atoms with E-state index in [2.05, 4.69) is 10.3 Å². The lowest BCUT2D eigenvalue weighted by Crippen LogP contribution is -2.63. The Kier molecular flexibility index (Phi) is 2.42. The smallest absolute Gasteiger partial charge is 0.346 e. The van der Waals surface area contributed by atoms with Crippen LogP contribution in [0.2, 0.25) is 0 Å². The monoisotopic (exact) mass is 210 g/mol. The molecule has 1 unspecified atom stereocenters. The molecule has 5 heteroatoms. The zero-order chi connectivity index (χ0) is 11.1. The number of amidine groups is 1. The Morgan fingerprint density at radius 1 is 1.60 bits per heavy atom. The van der Waals surface area contributed by atoms with E-state index in [9.17, 15) is 4.79 Å². The first-order valence-electron chi connectivity index (χ1n) is 5.46. The highest BCUT2D eigenvalue weighted by atomic mass is 16.2. The Balaban J connectivity index is 2.33. The average Bonchev–Trinajstić information content (AvgIpc) is 2.39. The van der Waals surface area contributed by atoms with Crippen LogP contribution in [0.1, 0.15) is 26.7 Å². The van der Waals surface area contributed by atoms with Crippen molar-refractivity contribution in [3.63, 3.8) is 0 Å². The van der Waals surface area contributed by atoms with Crippen LogP contribution in [0.25, 0.3) is 0 Å². The minimum Gasteiger partial charge on any atom is -0.385 e. The third-order valence-corrected chi connectivity index (χ3v) is 3.24. The van der Waals surface area contributed by atoms with Crippen molar-refractivity contribution >= 4 is 11.9 Å². The SMILES string of the molecule is CC(C)N1C(=O)N=C(N)C12CCCNC2. The maximum absolute atomic E-state index is 11.7. The summed E-state index contributed by atoms with van der Waals surface area (Å²) in [5.74, 6) is 0.480. The lowest BCUT2D eigenvalue weighted by atomic mass is 9.87. The van der Waals surface area contributed by atoms with Crippen molar-refractivity contribution in [2.45, 2.75) is 38.3 Å². The fourth-order valence-electron chi connectivity index (χ4n) is 2.60. The summed E-state index contributed by atoms with van der Waals surface area (Å²) in [6, 6.07) is -0.0478. The number of aliphatic imine (C=N–C) groups is 1. The molecule has 3 N–H and O–H groups in total. The second kappa shape index (κ2) is 3.48. The van der Waals surface area contributed by atoms with Crippen LogP contribution >= 0.6 is 0 Å². The number of carbonyl (C=O) groups is 1. The van der Waals surface area contributed by atoms with E-state index in [0.717, 1.165) is 25.9 Å². The van der Waals surface area contributed by atoms with Crippen molar-refractivity contribution in [1.82, 2.24) is 10.2 Å². The number of urea groups is 1. The molecule has 84 valence electrons. The fourth-order valence-corrected chi connectivity index (χ4v) is 2.60. The van der Waals surface area contributed by atoms with Crippen LogP contribution < -0.4 is 11.1 Å². The van der Waals surface area contributed by atoms with Crippen LogP contribution in [0.3, 0.4) is 0 Å². The van der Waals surface area contributed by atoms with Crippen molar-refractivity contribution in [3.8, 4) is 0 Å². The highest BCUT2D eigenvalue weighted by Crippen LogP contribution is 2.31. The maximum Gasteiger partial charge on any atom is 0.346 e. The van der Waals surface area contributed by atoms with Crippen LogP contribution in [0, 0.1) is 0 Å². The van der Waals surface area contributed by atoms with Crippen LogP contribution in [0.15, 0.2) is 4.99 Å². The van der Waals surface area contributed by atoms with Crippen LogP contribution in [-0.2, 0) is 0 Å². The molecule has 1 fully saturated rings. The van der Waals surface area contributed by atoms with Crippen molar-refractivity contribution in [1.29, 1.82) is 0 Å². The number of hydrogen-bond donors (Lipinski definition) is 2. The van der Waals surface area contributed by atoms with E-state index in [-0.39, 0.29) is 17.6 Å². The van der Waals surface area contributed by atoms with Gasteiger partial charge in [-0.05, 0) is 33.2 Å². The second-order valence-corrected chi connectivity index (χ2v) is 4.56. The maximum atomic E-state index is 11.7. The van der Waals surface area contributed by atoms with E-state index in [1.54, 1.807) is 0 Å². The molecule has 0 radical (unpaired) electrons. The van der Waals surface area contributed by atoms with E-state index >= 15 is 0 Å². The molecule has 15 heavy (non-hydrogen) atoms. The molecule has 0 aliphatic carbocycles. The summed E-state index contributed by atoms with van der Waals surface area (Å²) in [6.45, 7) is 5.73. The van der Waals surface area contributed by atoms with Gasteiger partial charge >= 0.3 is 6.03 Å². The summed E-state index contributed by atoms with van der Waals surface area (Å²) in [5, 5.41) is 3.30. The van der Waals surface area contributed by atoms with Gasteiger partial charge in [-0.25, -0.2) is 4.79 Å². The lowest BCUT2D eigenvalue weighted by molar-refractivity contribution is 0.127. The largest absolute Gasteiger partial charge is 0.385 e. The fraction of sp³-hybridized carbons (Fsp3) is 0.800. The summed E-state index contributed by atoms with van der Waals surface area (Å²) in [6.07, 6.45) is 1.95. The number of nitrogens with one attached hydrogen (secondary N) is 1. The number of piperidine rings is 1. The predicted octanol–water partition coefficient (Wildman–Crippen LogP) is 0.310. The molecule has 2 rings (SSSR count). The Hall–Kier alpha value is -1.10. The van der Waals surface area contributed by atoms with Crippen LogP contribution in [-0.4, -0.2) is 41.4 Å². The van der Waals surface area contributed by atoms with Crippen molar-refractivity contribution < 1.29 is 4.79 Å². The highest BCUT2D eigenvalue weighted by Gasteiger charge is 2.49. The zero-order valence-corrected chi connectivity index (χ0v) is 9.29. The first-order chi connectivity index (χ1) is 7.08. The van der Waals surface area contributed by atoms with Gasteiger partial charge in [0.05, 0.1) is 0 Å². The Morgan fingerprint density at radius 3 is 2.87 bits per heavy atom. The van der Waals surface area contributed by atoms with Crippen molar-refractivity contribution in [3.05, 3.63) is 0 Å². The first-order valence-corrected chi connectivity index (χ1v) is 5.46. The van der Waals surface area contributed by atoms with Crippen LogP contribution in [0.4, 0.5) is 4.79 Å². The molecule has 2 aliphatic rings. The van der Waals surface area contributed by atoms with Crippen molar-refractivity contribution in [2.75, 3.05) is 13.1 Å². The normalized spacial score (nSPS) is 31.5. The summed E-state index contributed by atoms with van der Waals surface area (Å²) in [4.78, 5) is 17.5. The molecule has 2 heterocycles. The molecule has 0 aromatic carbocycles. The number of nitrogens with zero attached hydrogens (tertiary/aromatic N) is 2. The number of amides is 2. The van der Waals surface area contributed by atoms with Gasteiger partial charge in [0.25, 0.3) is 0 Å². The first kappa shape index (κ1) is 10.4. The van der Waals surface area contributed by atoms with E-state index < -0.39 is 0 Å². The summed E-state index contributed by atoms with van der Waals surface area (Å²) >= 11 is 0. The van der Waals surface area contributed by atoms with Gasteiger partial charge in [0, 0.05) is 12.6 Å². The molecule has 2 aliphatic heterocycles. The molecular weight excluding hydrogens is 192 g/mol. The van der Waals surface area contributed by atoms with Gasteiger partial charge < -0.3 is 16.0 Å². The van der Waals surface area contributed by atoms with Gasteiger partial charge in [-0.2, -0.15) is 4.99 Å². The predicted molar refractivity (Wildman–Crippen MR) is 58.8 cm³/mol. The van der Waals surface area contributed by atoms with Gasteiger partial charge in [0.1, 0.15) is 11.4 Å². The number of rotatable bonds is 1. The summed E-state index contributed by atoms with van der Waals surface area (Å²) in [5.41, 5.74) is 5.55. The topological polar surface area (TPSA) is 70.7 Å². The van der Waals surface area contributed by atoms with Gasteiger partial charge in [-0.15, -0.1) is 0 Å². The van der Waals surface area contributed by atoms with E-state index in [1.807, 2.05) is 18.7 Å². The lowest BCUT2D eigenvalue weighted by Gasteiger charge is -2.43. The Labute approximate surface area is 89.7 Å². The molecule has 1 atom stereocenters. The summed E-state index contributed by atoms with van der Waals surface area (Å²) < 4.78 is 0. The molecule has 1 spiro atoms. The number of hydrogen-bond acceptors (Lipinski definition) is 3. The molecule has 0 aromatic heterocycles. The molecule has 0 bridgehead atoms. The zero-order valence-electron chi connectivity index (χ0n) is 9.29. The third kappa shape index (κ3) is 1.42. The number of nitrogens with two attached hydrogens (primary N) is 1. The van der Waals surface area contributed by atoms with E-state index in [0.29, 0.717) is 5.84 Å². The number of carbonyl (C=O) groups excluding carboxylic acids is 1. The molecule has 0 aromatic rings. The van der Waals surface area contributed by atoms with E-state index in [4.69, 9.17) is 5.73 Å². The summed E-state index contributed by atoms with van der Waals surface area (Å²) in [7, 11) is 0. The highest BCUT2D eigenvalue weighted by molar-refractivity contribution is 6.06. The molecular formula is C10H18N4O. The molecule has 2 amide bonds. The Morgan fingerprint density at radius 2 is 2.33 bits per heavy atom. The standard InChI is InChI=1S/C10H18N4O/c1-7(2)14-9(15)13-8(11)10(14)4-3-5-12-6-10/h7,12H,3-6H2,1-2H3,(H2,11,13,15). The van der Waals surface area contributed by atoms with Gasteiger partial charge in [-0.1, -0.05) is 0 Å². The minimum absolute atomic E-state index is 0.141. The van der Waals surface area contributed by atoms with Gasteiger partial charge in [-0.3, -0.25) is 0 Å². The molecule has 5 nitrogen and oxygen atoms in total. The van der Waals surface area contributed by atoms with Gasteiger partial charge in [0.15, 0.2) is 0 Å². The Bertz CT molecular complexity index is 305. The van der Waals surface area contributed by atoms with Crippen LogP contribution in [0.5, 0.6) is 0 Å². The van der Waals surface area contributed by atoms with E-state index in [1.165, 1.54) is 0 Å². The van der Waals surface area contributed by atoms with Gasteiger partial charge in [0.2, 0.25) is 0 Å². The average molecular weight is 210 g/mol. The molecule has 0 saturated carbocycles. The third-order valence-electron chi connectivity index (χ3n) is 3.24. The minimum atomic E-state index is -0.358.